The van der Waals surface area contributed by atoms with Crippen molar-refractivity contribution in [3.05, 3.63) is 34.9 Å². The monoisotopic (exact) mass is 295 g/mol. The Hall–Kier alpha value is -1.47. The van der Waals surface area contributed by atoms with Crippen LogP contribution in [0.1, 0.15) is 11.7 Å². The average Bonchev–Trinajstić information content (AvgIpc) is 2.90. The summed E-state index contributed by atoms with van der Waals surface area (Å²) < 4.78 is 1.70. The summed E-state index contributed by atoms with van der Waals surface area (Å²) in [4.78, 5) is 8.30. The molecule has 0 fully saturated rings. The van der Waals surface area contributed by atoms with Crippen LogP contribution in [0.15, 0.2) is 24.2 Å². The number of hydrogen-bond acceptors (Lipinski definition) is 5. The van der Waals surface area contributed by atoms with E-state index in [4.69, 9.17) is 11.6 Å². The fourth-order valence-corrected chi connectivity index (χ4v) is 2.95. The van der Waals surface area contributed by atoms with Gasteiger partial charge >= 0.3 is 0 Å². The maximum atomic E-state index is 10.1. The van der Waals surface area contributed by atoms with Crippen molar-refractivity contribution in [2.24, 2.45) is 0 Å². The number of aromatic nitrogens is 3. The van der Waals surface area contributed by atoms with Crippen molar-refractivity contribution >= 4 is 22.6 Å². The van der Waals surface area contributed by atoms with Crippen LogP contribution in [0.25, 0.3) is 11.0 Å². The predicted molar refractivity (Wildman–Crippen MR) is 73.5 cm³/mol. The topological polar surface area (TPSA) is 91.4 Å². The van der Waals surface area contributed by atoms with Crippen LogP contribution in [0.2, 0.25) is 5.02 Å². The highest BCUT2D eigenvalue weighted by Gasteiger charge is 2.36. The highest BCUT2D eigenvalue weighted by atomic mass is 35.5. The Labute approximate surface area is 120 Å². The molecule has 0 bridgehead atoms. The van der Waals surface area contributed by atoms with E-state index >= 15 is 0 Å². The van der Waals surface area contributed by atoms with Gasteiger partial charge in [-0.3, -0.25) is 0 Å². The third kappa shape index (κ3) is 1.84. The van der Waals surface area contributed by atoms with Crippen molar-refractivity contribution in [3.63, 3.8) is 0 Å². The zero-order chi connectivity index (χ0) is 14.4. The van der Waals surface area contributed by atoms with Crippen molar-refractivity contribution in [2.75, 3.05) is 6.61 Å². The van der Waals surface area contributed by atoms with Gasteiger partial charge in [0.1, 0.15) is 24.2 Å². The highest BCUT2D eigenvalue weighted by Crippen LogP contribution is 2.35. The Balaban J connectivity index is 2.17. The first-order valence-corrected chi connectivity index (χ1v) is 6.57. The van der Waals surface area contributed by atoms with Gasteiger partial charge in [-0.15, -0.1) is 0 Å². The van der Waals surface area contributed by atoms with E-state index in [9.17, 15) is 15.3 Å². The molecule has 0 radical (unpaired) electrons. The summed E-state index contributed by atoms with van der Waals surface area (Å²) in [6.45, 7) is 1.53. The second-order valence-electron chi connectivity index (χ2n) is 4.87. The SMILES string of the molecule is Cc1ncnc2c1c(Cl)cn2[C@@H]1C=C(CO)[C@@H](O)[C@H]1O. The number of aryl methyl sites for hydroxylation is 1. The first-order valence-electron chi connectivity index (χ1n) is 6.19. The lowest BCUT2D eigenvalue weighted by atomic mass is 10.1. The normalized spacial score (nSPS) is 26.2. The third-order valence-corrected chi connectivity index (χ3v) is 3.98. The van der Waals surface area contributed by atoms with Gasteiger partial charge in [-0.05, 0) is 12.5 Å². The maximum Gasteiger partial charge on any atom is 0.145 e. The predicted octanol–water partition coefficient (Wildman–Crippen LogP) is 0.588. The molecule has 3 rings (SSSR count). The minimum Gasteiger partial charge on any atom is -0.392 e. The van der Waals surface area contributed by atoms with Gasteiger partial charge < -0.3 is 19.9 Å². The number of aliphatic hydroxyl groups is 3. The fourth-order valence-electron chi connectivity index (χ4n) is 2.63. The summed E-state index contributed by atoms with van der Waals surface area (Å²) >= 11 is 6.20. The molecule has 0 aromatic carbocycles. The van der Waals surface area contributed by atoms with E-state index in [1.54, 1.807) is 16.8 Å². The molecule has 106 valence electrons. The molecule has 0 spiro atoms. The Bertz CT molecular complexity index is 697. The van der Waals surface area contributed by atoms with Crippen LogP contribution in [-0.4, -0.2) is 48.7 Å². The number of rotatable bonds is 2. The molecule has 2 heterocycles. The minimum atomic E-state index is -1.08. The van der Waals surface area contributed by atoms with Crippen LogP contribution in [0.4, 0.5) is 0 Å². The molecule has 0 saturated carbocycles. The van der Waals surface area contributed by atoms with Crippen molar-refractivity contribution in [1.82, 2.24) is 14.5 Å². The Morgan fingerprint density at radius 2 is 2.10 bits per heavy atom. The molecule has 1 aliphatic carbocycles. The Morgan fingerprint density at radius 1 is 1.35 bits per heavy atom. The number of aliphatic hydroxyl groups excluding tert-OH is 3. The summed E-state index contributed by atoms with van der Waals surface area (Å²) in [5, 5.41) is 30.4. The number of halogens is 1. The van der Waals surface area contributed by atoms with E-state index in [2.05, 4.69) is 9.97 Å². The smallest absolute Gasteiger partial charge is 0.145 e. The first-order chi connectivity index (χ1) is 9.54. The van der Waals surface area contributed by atoms with Gasteiger partial charge in [0.15, 0.2) is 0 Å². The Morgan fingerprint density at radius 3 is 2.75 bits per heavy atom. The third-order valence-electron chi connectivity index (χ3n) is 3.69. The summed E-state index contributed by atoms with van der Waals surface area (Å²) in [5.74, 6) is 0. The van der Waals surface area contributed by atoms with Gasteiger partial charge in [-0.25, -0.2) is 9.97 Å². The molecule has 0 amide bonds. The molecule has 2 aromatic heterocycles. The summed E-state index contributed by atoms with van der Waals surface area (Å²) in [6.07, 6.45) is 2.61. The molecule has 0 unspecified atom stereocenters. The van der Waals surface area contributed by atoms with Gasteiger partial charge in [0.2, 0.25) is 0 Å². The lowest BCUT2D eigenvalue weighted by molar-refractivity contribution is 0.0288. The van der Waals surface area contributed by atoms with Crippen molar-refractivity contribution < 1.29 is 15.3 Å². The Kier molecular flexibility index (Phi) is 3.25. The van der Waals surface area contributed by atoms with Crippen LogP contribution >= 0.6 is 11.6 Å². The molecular formula is C13H14ClN3O3. The fraction of sp³-hybridized carbons (Fsp3) is 0.385. The first kappa shape index (κ1) is 13.5. The molecule has 3 atom stereocenters. The number of fused-ring (bicyclic) bond motifs is 1. The summed E-state index contributed by atoms with van der Waals surface area (Å²) in [7, 11) is 0. The lowest BCUT2D eigenvalue weighted by Crippen LogP contribution is -2.30. The minimum absolute atomic E-state index is 0.296. The zero-order valence-corrected chi connectivity index (χ0v) is 11.5. The second-order valence-corrected chi connectivity index (χ2v) is 5.27. The van der Waals surface area contributed by atoms with E-state index in [0.717, 1.165) is 11.1 Å². The molecule has 1 aliphatic rings. The zero-order valence-electron chi connectivity index (χ0n) is 10.7. The molecule has 0 saturated heterocycles. The number of nitrogens with zero attached hydrogens (tertiary/aromatic N) is 3. The molecular weight excluding hydrogens is 282 g/mol. The van der Waals surface area contributed by atoms with E-state index in [1.807, 2.05) is 6.92 Å². The molecule has 7 heteroatoms. The van der Waals surface area contributed by atoms with Crippen LogP contribution < -0.4 is 0 Å². The maximum absolute atomic E-state index is 10.1. The quantitative estimate of drug-likeness (QED) is 0.705. The lowest BCUT2D eigenvalue weighted by Gasteiger charge is -2.19. The van der Waals surface area contributed by atoms with Crippen LogP contribution in [0.3, 0.4) is 0 Å². The van der Waals surface area contributed by atoms with Gasteiger partial charge in [0.05, 0.1) is 28.8 Å². The van der Waals surface area contributed by atoms with Gasteiger partial charge in [-0.2, -0.15) is 0 Å². The second kappa shape index (κ2) is 4.82. The average molecular weight is 296 g/mol. The molecule has 20 heavy (non-hydrogen) atoms. The molecule has 6 nitrogen and oxygen atoms in total. The van der Waals surface area contributed by atoms with Crippen molar-refractivity contribution in [2.45, 2.75) is 25.2 Å². The van der Waals surface area contributed by atoms with Crippen LogP contribution in [-0.2, 0) is 0 Å². The van der Waals surface area contributed by atoms with Gasteiger partial charge in [0, 0.05) is 6.20 Å². The van der Waals surface area contributed by atoms with Gasteiger partial charge in [0.25, 0.3) is 0 Å². The van der Waals surface area contributed by atoms with Crippen molar-refractivity contribution in [3.8, 4) is 0 Å². The molecule has 0 aliphatic heterocycles. The standard InChI is InChI=1S/C13H14ClN3O3/c1-6-10-8(14)3-17(13(10)16-5-15-6)9-2-7(4-18)11(19)12(9)20/h2-3,5,9,11-12,18-20H,4H2,1H3/t9-,11-,12+/m1/s1. The highest BCUT2D eigenvalue weighted by molar-refractivity contribution is 6.35. The largest absolute Gasteiger partial charge is 0.392 e. The summed E-state index contributed by atoms with van der Waals surface area (Å²) in [6, 6.07) is -0.517. The van der Waals surface area contributed by atoms with Gasteiger partial charge in [-0.1, -0.05) is 17.7 Å². The van der Waals surface area contributed by atoms with E-state index in [0.29, 0.717) is 16.2 Å². The van der Waals surface area contributed by atoms with E-state index < -0.39 is 18.2 Å². The summed E-state index contributed by atoms with van der Waals surface area (Å²) in [5.41, 5.74) is 1.73. The molecule has 2 aromatic rings. The van der Waals surface area contributed by atoms with E-state index in [-0.39, 0.29) is 6.61 Å². The van der Waals surface area contributed by atoms with E-state index in [1.165, 1.54) is 6.33 Å². The van der Waals surface area contributed by atoms with Crippen LogP contribution in [0.5, 0.6) is 0 Å². The number of hydrogen-bond donors (Lipinski definition) is 3. The molecule has 3 N–H and O–H groups in total. The van der Waals surface area contributed by atoms with Crippen LogP contribution in [0, 0.1) is 6.92 Å². The van der Waals surface area contributed by atoms with Crippen molar-refractivity contribution in [1.29, 1.82) is 0 Å².